The zero-order valence-electron chi connectivity index (χ0n) is 13.7. The largest absolute Gasteiger partial charge is 0.344 e. The van der Waals surface area contributed by atoms with Gasteiger partial charge in [-0.05, 0) is 29.5 Å². The molecule has 0 unspecified atom stereocenters. The molecule has 0 radical (unpaired) electrons. The van der Waals surface area contributed by atoms with E-state index in [1.54, 1.807) is 17.0 Å². The average molecular weight is 325 g/mol. The molecule has 4 nitrogen and oxygen atoms in total. The highest BCUT2D eigenvalue weighted by atomic mass is 35.5. The molecule has 0 aromatic heterocycles. The Morgan fingerprint density at radius 3 is 2.00 bits per heavy atom. The number of benzene rings is 1. The summed E-state index contributed by atoms with van der Waals surface area (Å²) >= 11 is 5.82. The third kappa shape index (κ3) is 6.48. The fraction of sp³-hybridized carbons (Fsp3) is 0.529. The number of nitrogens with one attached hydrogen (secondary N) is 1. The van der Waals surface area contributed by atoms with E-state index >= 15 is 0 Å². The van der Waals surface area contributed by atoms with E-state index in [1.165, 1.54) is 0 Å². The van der Waals surface area contributed by atoms with E-state index in [0.717, 1.165) is 5.56 Å². The predicted molar refractivity (Wildman–Crippen MR) is 89.6 cm³/mol. The molecule has 0 aliphatic rings. The van der Waals surface area contributed by atoms with Gasteiger partial charge in [0.15, 0.2) is 0 Å². The Morgan fingerprint density at radius 1 is 1.05 bits per heavy atom. The zero-order chi connectivity index (χ0) is 16.7. The van der Waals surface area contributed by atoms with Crippen LogP contribution < -0.4 is 5.32 Å². The van der Waals surface area contributed by atoms with Crippen molar-refractivity contribution in [3.63, 3.8) is 0 Å². The van der Waals surface area contributed by atoms with Crippen LogP contribution in [0.25, 0.3) is 0 Å². The summed E-state index contributed by atoms with van der Waals surface area (Å²) < 4.78 is 0. The van der Waals surface area contributed by atoms with Crippen molar-refractivity contribution in [3.8, 4) is 0 Å². The van der Waals surface area contributed by atoms with Gasteiger partial charge >= 0.3 is 11.8 Å². The molecule has 0 fully saturated rings. The average Bonchev–Trinajstić information content (AvgIpc) is 2.44. The monoisotopic (exact) mass is 324 g/mol. The normalized spacial score (nSPS) is 10.9. The minimum absolute atomic E-state index is 0.318. The lowest BCUT2D eigenvalue weighted by Gasteiger charge is -2.25. The van der Waals surface area contributed by atoms with Crippen LogP contribution in [-0.4, -0.2) is 29.8 Å². The highest BCUT2D eigenvalue weighted by molar-refractivity contribution is 6.35. The summed E-state index contributed by atoms with van der Waals surface area (Å²) in [7, 11) is 0. The number of carbonyl (C=O) groups is 2. The fourth-order valence-corrected chi connectivity index (χ4v) is 2.25. The lowest BCUT2D eigenvalue weighted by molar-refractivity contribution is -0.146. The van der Waals surface area contributed by atoms with E-state index in [4.69, 9.17) is 11.6 Å². The van der Waals surface area contributed by atoms with E-state index in [2.05, 4.69) is 5.32 Å². The van der Waals surface area contributed by atoms with Crippen molar-refractivity contribution in [2.24, 2.45) is 11.8 Å². The molecule has 122 valence electrons. The minimum atomic E-state index is -0.559. The van der Waals surface area contributed by atoms with Crippen LogP contribution >= 0.6 is 11.6 Å². The van der Waals surface area contributed by atoms with E-state index in [9.17, 15) is 9.59 Å². The van der Waals surface area contributed by atoms with Crippen LogP contribution in [-0.2, 0) is 16.1 Å². The van der Waals surface area contributed by atoms with Gasteiger partial charge in [-0.2, -0.15) is 0 Å². The topological polar surface area (TPSA) is 49.4 Å². The van der Waals surface area contributed by atoms with Gasteiger partial charge < -0.3 is 10.2 Å². The molecule has 0 spiro atoms. The molecule has 0 aliphatic heterocycles. The van der Waals surface area contributed by atoms with Crippen LogP contribution in [0.15, 0.2) is 24.3 Å². The predicted octanol–water partition coefficient (Wildman–Crippen LogP) is 3.10. The van der Waals surface area contributed by atoms with Crippen LogP contribution in [0.1, 0.15) is 33.3 Å². The molecular formula is C17H25ClN2O2. The first-order valence-corrected chi connectivity index (χ1v) is 7.99. The quantitative estimate of drug-likeness (QED) is 0.817. The second-order valence-corrected chi connectivity index (χ2v) is 6.74. The third-order valence-corrected chi connectivity index (χ3v) is 3.27. The van der Waals surface area contributed by atoms with Crippen molar-refractivity contribution < 1.29 is 9.59 Å². The Balaban J connectivity index is 2.60. The molecule has 0 saturated heterocycles. The van der Waals surface area contributed by atoms with Gasteiger partial charge in [-0.25, -0.2) is 0 Å². The van der Waals surface area contributed by atoms with Crippen LogP contribution in [0.5, 0.6) is 0 Å². The molecule has 5 heteroatoms. The minimum Gasteiger partial charge on any atom is -0.344 e. The van der Waals surface area contributed by atoms with Crippen molar-refractivity contribution >= 4 is 23.4 Å². The number of carbonyl (C=O) groups excluding carboxylic acids is 2. The number of rotatable bonds is 6. The Bertz CT molecular complexity index is 488. The fourth-order valence-electron chi connectivity index (χ4n) is 2.13. The van der Waals surface area contributed by atoms with Gasteiger partial charge in [-0.15, -0.1) is 0 Å². The van der Waals surface area contributed by atoms with Crippen LogP contribution in [0.2, 0.25) is 5.02 Å². The smallest absolute Gasteiger partial charge is 0.311 e. The van der Waals surface area contributed by atoms with Gasteiger partial charge in [0.2, 0.25) is 0 Å². The van der Waals surface area contributed by atoms with Crippen molar-refractivity contribution in [1.82, 2.24) is 10.2 Å². The zero-order valence-corrected chi connectivity index (χ0v) is 14.5. The molecule has 1 aromatic carbocycles. The first-order valence-electron chi connectivity index (χ1n) is 7.61. The van der Waals surface area contributed by atoms with E-state index in [0.29, 0.717) is 36.5 Å². The number of halogens is 1. The lowest BCUT2D eigenvalue weighted by atomic mass is 10.1. The van der Waals surface area contributed by atoms with Crippen molar-refractivity contribution in [2.75, 3.05) is 13.1 Å². The van der Waals surface area contributed by atoms with Crippen LogP contribution in [0.3, 0.4) is 0 Å². The Hall–Kier alpha value is -1.55. The van der Waals surface area contributed by atoms with Crippen LogP contribution in [0, 0.1) is 11.8 Å². The molecule has 2 amide bonds. The van der Waals surface area contributed by atoms with E-state index < -0.39 is 11.8 Å². The molecule has 0 atom stereocenters. The molecule has 1 rings (SSSR count). The molecule has 0 bridgehead atoms. The highest BCUT2D eigenvalue weighted by Gasteiger charge is 2.22. The van der Waals surface area contributed by atoms with Gasteiger partial charge in [-0.1, -0.05) is 51.4 Å². The summed E-state index contributed by atoms with van der Waals surface area (Å²) in [6, 6.07) is 7.17. The second kappa shape index (κ2) is 8.79. The number of nitrogens with zero attached hydrogens (tertiary/aromatic N) is 1. The van der Waals surface area contributed by atoms with E-state index in [-0.39, 0.29) is 0 Å². The molecule has 0 aliphatic carbocycles. The SMILES string of the molecule is CC(C)CN(CC(C)C)C(=O)C(=O)NCc1ccc(Cl)cc1. The maximum Gasteiger partial charge on any atom is 0.311 e. The molecular weight excluding hydrogens is 300 g/mol. The number of hydrogen-bond donors (Lipinski definition) is 1. The van der Waals surface area contributed by atoms with Crippen molar-refractivity contribution in [1.29, 1.82) is 0 Å². The Labute approximate surface area is 137 Å². The van der Waals surface area contributed by atoms with Crippen LogP contribution in [0.4, 0.5) is 0 Å². The number of hydrogen-bond acceptors (Lipinski definition) is 2. The summed E-state index contributed by atoms with van der Waals surface area (Å²) in [5.74, 6) is -0.369. The van der Waals surface area contributed by atoms with E-state index in [1.807, 2.05) is 39.8 Å². The first-order chi connectivity index (χ1) is 10.3. The highest BCUT2D eigenvalue weighted by Crippen LogP contribution is 2.09. The summed E-state index contributed by atoms with van der Waals surface area (Å²) in [6.45, 7) is 9.63. The summed E-state index contributed by atoms with van der Waals surface area (Å²) in [5.41, 5.74) is 0.907. The molecule has 1 N–H and O–H groups in total. The molecule has 22 heavy (non-hydrogen) atoms. The van der Waals surface area contributed by atoms with Gasteiger partial charge in [-0.3, -0.25) is 9.59 Å². The molecule has 1 aromatic rings. The summed E-state index contributed by atoms with van der Waals surface area (Å²) in [4.78, 5) is 26.0. The Morgan fingerprint density at radius 2 is 1.55 bits per heavy atom. The van der Waals surface area contributed by atoms with Gasteiger partial charge in [0.05, 0.1) is 0 Å². The third-order valence-electron chi connectivity index (χ3n) is 3.02. The second-order valence-electron chi connectivity index (χ2n) is 6.31. The standard InChI is InChI=1S/C17H25ClN2O2/c1-12(2)10-20(11-13(3)4)17(22)16(21)19-9-14-5-7-15(18)8-6-14/h5-8,12-13H,9-11H2,1-4H3,(H,19,21). The number of amides is 2. The maximum absolute atomic E-state index is 12.3. The molecule has 0 heterocycles. The van der Waals surface area contributed by atoms with Crippen molar-refractivity contribution in [3.05, 3.63) is 34.9 Å². The van der Waals surface area contributed by atoms with Gasteiger partial charge in [0.1, 0.15) is 0 Å². The van der Waals surface area contributed by atoms with Gasteiger partial charge in [0.25, 0.3) is 0 Å². The van der Waals surface area contributed by atoms with Crippen molar-refractivity contribution in [2.45, 2.75) is 34.2 Å². The maximum atomic E-state index is 12.3. The summed E-state index contributed by atoms with van der Waals surface area (Å²) in [6.07, 6.45) is 0. The van der Waals surface area contributed by atoms with Gasteiger partial charge in [0, 0.05) is 24.7 Å². The Kier molecular flexibility index (Phi) is 7.39. The first kappa shape index (κ1) is 18.5. The summed E-state index contributed by atoms with van der Waals surface area (Å²) in [5, 5.41) is 3.32. The lowest BCUT2D eigenvalue weighted by Crippen LogP contribution is -2.45. The molecule has 0 saturated carbocycles.